The van der Waals surface area contributed by atoms with Crippen LogP contribution in [0.3, 0.4) is 0 Å². The van der Waals surface area contributed by atoms with Crippen LogP contribution < -0.4 is 0 Å². The van der Waals surface area contributed by atoms with Crippen LogP contribution >= 0.6 is 0 Å². The van der Waals surface area contributed by atoms with Crippen molar-refractivity contribution in [3.8, 4) is 0 Å². The van der Waals surface area contributed by atoms with Crippen LogP contribution in [-0.4, -0.2) is 0 Å². The Morgan fingerprint density at radius 2 is 1.00 bits per heavy atom. The molecule has 2 aliphatic rings. The van der Waals surface area contributed by atoms with Crippen molar-refractivity contribution in [1.82, 2.24) is 0 Å². The summed E-state index contributed by atoms with van der Waals surface area (Å²) in [6.45, 7) is 11.4. The van der Waals surface area contributed by atoms with Crippen molar-refractivity contribution in [2.24, 2.45) is 29.6 Å². The van der Waals surface area contributed by atoms with Gasteiger partial charge in [-0.3, -0.25) is 0 Å². The van der Waals surface area contributed by atoms with E-state index in [-0.39, 0.29) is 0 Å². The Balaban J connectivity index is 0.000000461. The van der Waals surface area contributed by atoms with E-state index in [0.717, 1.165) is 29.6 Å². The van der Waals surface area contributed by atoms with Gasteiger partial charge in [0.2, 0.25) is 0 Å². The second kappa shape index (κ2) is 5.19. The molecule has 4 unspecified atom stereocenters. The predicted molar refractivity (Wildman–Crippen MR) is 64.3 cm³/mol. The van der Waals surface area contributed by atoms with Crippen molar-refractivity contribution >= 4 is 0 Å². The molecule has 0 N–H and O–H groups in total. The molecule has 2 aliphatic carbocycles. The maximum Gasteiger partial charge on any atom is -0.0355 e. The fourth-order valence-corrected chi connectivity index (χ4v) is 3.75. The van der Waals surface area contributed by atoms with E-state index < -0.39 is 0 Å². The van der Waals surface area contributed by atoms with Crippen molar-refractivity contribution < 1.29 is 0 Å². The maximum absolute atomic E-state index is 2.48. The largest absolute Gasteiger partial charge is 0.0683 e. The molecule has 0 aliphatic heterocycles. The van der Waals surface area contributed by atoms with E-state index in [1.165, 1.54) is 25.7 Å². The van der Waals surface area contributed by atoms with Gasteiger partial charge < -0.3 is 0 Å². The second-order valence-electron chi connectivity index (χ2n) is 5.19. The lowest BCUT2D eigenvalue weighted by Gasteiger charge is -2.29. The lowest BCUT2D eigenvalue weighted by atomic mass is 9.77. The van der Waals surface area contributed by atoms with Crippen LogP contribution in [0.4, 0.5) is 0 Å². The smallest absolute Gasteiger partial charge is 0.0355 e. The monoisotopic (exact) mass is 196 g/mol. The van der Waals surface area contributed by atoms with Gasteiger partial charge >= 0.3 is 0 Å². The van der Waals surface area contributed by atoms with Gasteiger partial charge in [-0.15, -0.1) is 0 Å². The summed E-state index contributed by atoms with van der Waals surface area (Å²) in [6.07, 6.45) is 6.07. The summed E-state index contributed by atoms with van der Waals surface area (Å²) in [5.41, 5.74) is 0. The summed E-state index contributed by atoms with van der Waals surface area (Å²) in [4.78, 5) is 0. The van der Waals surface area contributed by atoms with Crippen LogP contribution in [0.25, 0.3) is 0 Å². The zero-order valence-corrected chi connectivity index (χ0v) is 10.7. The van der Waals surface area contributed by atoms with E-state index in [1.807, 2.05) is 13.8 Å². The molecular formula is C14H28. The fraction of sp³-hybridized carbons (Fsp3) is 1.00. The predicted octanol–water partition coefficient (Wildman–Crippen LogP) is 4.74. The van der Waals surface area contributed by atoms with Crippen molar-refractivity contribution in [3.63, 3.8) is 0 Å². The van der Waals surface area contributed by atoms with Gasteiger partial charge in [0, 0.05) is 0 Å². The van der Waals surface area contributed by atoms with E-state index in [1.54, 1.807) is 0 Å². The van der Waals surface area contributed by atoms with Crippen LogP contribution in [0, 0.1) is 29.6 Å². The Morgan fingerprint density at radius 3 is 1.36 bits per heavy atom. The molecule has 4 atom stereocenters. The van der Waals surface area contributed by atoms with Crippen molar-refractivity contribution in [2.45, 2.75) is 60.3 Å². The third kappa shape index (κ3) is 1.99. The Bertz CT molecular complexity index is 143. The molecule has 84 valence electrons. The maximum atomic E-state index is 2.48. The Morgan fingerprint density at radius 1 is 0.643 bits per heavy atom. The summed E-state index contributed by atoms with van der Waals surface area (Å²) in [5.74, 6) is 5.17. The molecule has 0 aromatic rings. The quantitative estimate of drug-likeness (QED) is 0.525. The normalized spacial score (nSPS) is 46.5. The average Bonchev–Trinajstić information content (AvgIpc) is 2.48. The SMILES string of the molecule is CC.CC1C(C)C2CCCCC2C1C. The van der Waals surface area contributed by atoms with Crippen LogP contribution in [0.15, 0.2) is 0 Å². The molecule has 0 nitrogen and oxygen atoms in total. The van der Waals surface area contributed by atoms with Crippen molar-refractivity contribution in [1.29, 1.82) is 0 Å². The summed E-state index contributed by atoms with van der Waals surface area (Å²) in [5, 5.41) is 0. The molecule has 0 saturated heterocycles. The molecule has 0 spiro atoms. The number of hydrogen-bond donors (Lipinski definition) is 0. The zero-order valence-electron chi connectivity index (χ0n) is 10.7. The molecule has 14 heavy (non-hydrogen) atoms. The molecule has 0 heterocycles. The molecular weight excluding hydrogens is 168 g/mol. The molecule has 0 aromatic carbocycles. The first-order chi connectivity index (χ1) is 6.72. The molecule has 0 amide bonds. The van der Waals surface area contributed by atoms with E-state index in [9.17, 15) is 0 Å². The van der Waals surface area contributed by atoms with Crippen LogP contribution in [-0.2, 0) is 0 Å². The van der Waals surface area contributed by atoms with Crippen LogP contribution in [0.5, 0.6) is 0 Å². The molecule has 0 radical (unpaired) electrons. The molecule has 0 bridgehead atoms. The zero-order chi connectivity index (χ0) is 10.7. The fourth-order valence-electron chi connectivity index (χ4n) is 3.75. The molecule has 2 rings (SSSR count). The number of rotatable bonds is 0. The van der Waals surface area contributed by atoms with Gasteiger partial charge in [-0.1, -0.05) is 47.5 Å². The van der Waals surface area contributed by atoms with Crippen molar-refractivity contribution in [2.75, 3.05) is 0 Å². The Labute approximate surface area is 90.5 Å². The first kappa shape index (κ1) is 12.1. The van der Waals surface area contributed by atoms with Gasteiger partial charge in [0.05, 0.1) is 0 Å². The van der Waals surface area contributed by atoms with Gasteiger partial charge in [-0.05, 0) is 42.4 Å². The molecule has 0 heteroatoms. The first-order valence-corrected chi connectivity index (χ1v) is 6.72. The summed E-state index contributed by atoms with van der Waals surface area (Å²) in [7, 11) is 0. The van der Waals surface area contributed by atoms with Crippen molar-refractivity contribution in [3.05, 3.63) is 0 Å². The Kier molecular flexibility index (Phi) is 4.47. The van der Waals surface area contributed by atoms with E-state index in [0.29, 0.717) is 0 Å². The van der Waals surface area contributed by atoms with Gasteiger partial charge in [0.25, 0.3) is 0 Å². The van der Waals surface area contributed by atoms with Gasteiger partial charge in [0.15, 0.2) is 0 Å². The standard InChI is InChI=1S/C12H22.C2H6/c1-8-9(2)11-6-4-5-7-12(11)10(8)3;1-2/h8-12H,4-7H2,1-3H3;1-2H3. The number of fused-ring (bicyclic) bond motifs is 1. The first-order valence-electron chi connectivity index (χ1n) is 6.72. The summed E-state index contributed by atoms with van der Waals surface area (Å²) >= 11 is 0. The van der Waals surface area contributed by atoms with Gasteiger partial charge in [-0.2, -0.15) is 0 Å². The average molecular weight is 196 g/mol. The molecule has 0 aromatic heterocycles. The summed E-state index contributed by atoms with van der Waals surface area (Å²) < 4.78 is 0. The molecule has 2 fully saturated rings. The minimum atomic E-state index is 0.984. The minimum Gasteiger partial charge on any atom is -0.0683 e. The molecule has 2 saturated carbocycles. The highest BCUT2D eigenvalue weighted by atomic mass is 14.5. The van der Waals surface area contributed by atoms with Crippen LogP contribution in [0.1, 0.15) is 60.3 Å². The highest BCUT2D eigenvalue weighted by Crippen LogP contribution is 2.51. The van der Waals surface area contributed by atoms with E-state index in [4.69, 9.17) is 0 Å². The van der Waals surface area contributed by atoms with Gasteiger partial charge in [-0.25, -0.2) is 0 Å². The highest BCUT2D eigenvalue weighted by Gasteiger charge is 2.44. The third-order valence-electron chi connectivity index (χ3n) is 4.88. The topological polar surface area (TPSA) is 0 Å². The lowest BCUT2D eigenvalue weighted by Crippen LogP contribution is -2.19. The van der Waals surface area contributed by atoms with Gasteiger partial charge in [0.1, 0.15) is 0 Å². The lowest BCUT2D eigenvalue weighted by molar-refractivity contribution is 0.214. The Hall–Kier alpha value is 0. The van der Waals surface area contributed by atoms with E-state index in [2.05, 4.69) is 20.8 Å². The minimum absolute atomic E-state index is 0.984. The third-order valence-corrected chi connectivity index (χ3v) is 4.88. The van der Waals surface area contributed by atoms with E-state index >= 15 is 0 Å². The summed E-state index contributed by atoms with van der Waals surface area (Å²) in [6, 6.07) is 0. The highest BCUT2D eigenvalue weighted by molar-refractivity contribution is 4.93. The van der Waals surface area contributed by atoms with Crippen LogP contribution in [0.2, 0.25) is 0 Å². The second-order valence-corrected chi connectivity index (χ2v) is 5.19. The number of hydrogen-bond acceptors (Lipinski definition) is 0.